The van der Waals surface area contributed by atoms with Crippen LogP contribution < -0.4 is 10.1 Å². The Bertz CT molecular complexity index is 464. The Morgan fingerprint density at radius 1 is 1.36 bits per heavy atom. The molecular formula is C17H26N2O2S. The number of thioether (sulfide) groups is 1. The number of likely N-dealkylation sites (tertiary alicyclic amines) is 1. The maximum absolute atomic E-state index is 11.9. The molecular weight excluding hydrogens is 296 g/mol. The number of carbonyl (C=O) groups is 1. The topological polar surface area (TPSA) is 41.6 Å². The van der Waals surface area contributed by atoms with Crippen molar-refractivity contribution in [1.29, 1.82) is 0 Å². The second-order valence-electron chi connectivity index (χ2n) is 5.59. The van der Waals surface area contributed by atoms with Crippen molar-refractivity contribution in [3.63, 3.8) is 0 Å². The molecule has 122 valence electrons. The molecule has 1 saturated heterocycles. The van der Waals surface area contributed by atoms with Crippen LogP contribution in [0.5, 0.6) is 5.75 Å². The van der Waals surface area contributed by atoms with Crippen molar-refractivity contribution in [2.24, 2.45) is 0 Å². The van der Waals surface area contributed by atoms with Crippen molar-refractivity contribution in [2.45, 2.75) is 31.8 Å². The van der Waals surface area contributed by atoms with Crippen molar-refractivity contribution < 1.29 is 9.53 Å². The van der Waals surface area contributed by atoms with E-state index in [2.05, 4.69) is 28.6 Å². The van der Waals surface area contributed by atoms with Crippen LogP contribution in [0.3, 0.4) is 0 Å². The SMILES string of the molecule is COc1ccc(CNCCC2CCC(=O)N2CCSC)cc1. The minimum atomic E-state index is 0.328. The van der Waals surface area contributed by atoms with Gasteiger partial charge in [0.15, 0.2) is 0 Å². The Labute approximate surface area is 137 Å². The van der Waals surface area contributed by atoms with Gasteiger partial charge in [-0.2, -0.15) is 11.8 Å². The van der Waals surface area contributed by atoms with E-state index in [0.29, 0.717) is 11.9 Å². The van der Waals surface area contributed by atoms with Gasteiger partial charge in [-0.15, -0.1) is 0 Å². The highest BCUT2D eigenvalue weighted by atomic mass is 32.2. The highest BCUT2D eigenvalue weighted by molar-refractivity contribution is 7.98. The predicted octanol–water partition coefficient (Wildman–Crippen LogP) is 2.53. The summed E-state index contributed by atoms with van der Waals surface area (Å²) in [4.78, 5) is 14.0. The molecule has 1 heterocycles. The Morgan fingerprint density at radius 2 is 2.14 bits per heavy atom. The van der Waals surface area contributed by atoms with Crippen molar-refractivity contribution in [3.8, 4) is 5.75 Å². The summed E-state index contributed by atoms with van der Waals surface area (Å²) < 4.78 is 5.16. The maximum atomic E-state index is 11.9. The summed E-state index contributed by atoms with van der Waals surface area (Å²) in [5.74, 6) is 2.24. The molecule has 0 radical (unpaired) electrons. The maximum Gasteiger partial charge on any atom is 0.222 e. The molecule has 0 bridgehead atoms. The number of ether oxygens (including phenoxy) is 1. The molecule has 1 fully saturated rings. The molecule has 1 atom stereocenters. The van der Waals surface area contributed by atoms with Crippen molar-refractivity contribution in [2.75, 3.05) is 32.2 Å². The summed E-state index contributed by atoms with van der Waals surface area (Å²) in [6.07, 6.45) is 4.86. The van der Waals surface area contributed by atoms with E-state index in [1.54, 1.807) is 18.9 Å². The van der Waals surface area contributed by atoms with Gasteiger partial charge in [0.25, 0.3) is 0 Å². The third-order valence-corrected chi connectivity index (χ3v) is 4.72. The Kier molecular flexibility index (Phi) is 7.06. The van der Waals surface area contributed by atoms with E-state index in [1.165, 1.54) is 5.56 Å². The zero-order valence-corrected chi connectivity index (χ0v) is 14.3. The zero-order valence-electron chi connectivity index (χ0n) is 13.5. The fourth-order valence-corrected chi connectivity index (χ4v) is 3.21. The van der Waals surface area contributed by atoms with Crippen LogP contribution >= 0.6 is 11.8 Å². The van der Waals surface area contributed by atoms with E-state index in [9.17, 15) is 4.79 Å². The van der Waals surface area contributed by atoms with E-state index < -0.39 is 0 Å². The lowest BCUT2D eigenvalue weighted by Gasteiger charge is -2.24. The van der Waals surface area contributed by atoms with Crippen LogP contribution in [0.4, 0.5) is 0 Å². The van der Waals surface area contributed by atoms with Crippen LogP contribution in [0.25, 0.3) is 0 Å². The quantitative estimate of drug-likeness (QED) is 0.710. The molecule has 0 aromatic heterocycles. The van der Waals surface area contributed by atoms with E-state index >= 15 is 0 Å². The summed E-state index contributed by atoms with van der Waals surface area (Å²) in [7, 11) is 1.68. The third-order valence-electron chi connectivity index (χ3n) is 4.13. The highest BCUT2D eigenvalue weighted by Crippen LogP contribution is 2.21. The number of carbonyl (C=O) groups excluding carboxylic acids is 1. The van der Waals surface area contributed by atoms with Gasteiger partial charge in [-0.1, -0.05) is 12.1 Å². The molecule has 4 nitrogen and oxygen atoms in total. The van der Waals surface area contributed by atoms with Gasteiger partial charge < -0.3 is 15.0 Å². The smallest absolute Gasteiger partial charge is 0.222 e. The number of benzene rings is 1. The van der Waals surface area contributed by atoms with Gasteiger partial charge in [-0.3, -0.25) is 4.79 Å². The van der Waals surface area contributed by atoms with E-state index in [4.69, 9.17) is 4.74 Å². The minimum absolute atomic E-state index is 0.328. The first-order valence-electron chi connectivity index (χ1n) is 7.86. The lowest BCUT2D eigenvalue weighted by Crippen LogP contribution is -2.36. The molecule has 5 heteroatoms. The standard InChI is InChI=1S/C17H26N2O2S/c1-21-16-6-3-14(4-7-16)13-18-10-9-15-5-8-17(20)19(15)11-12-22-2/h3-4,6-7,15,18H,5,8-13H2,1-2H3. The normalized spacial score (nSPS) is 18.0. The molecule has 1 aliphatic heterocycles. The molecule has 1 N–H and O–H groups in total. The van der Waals surface area contributed by atoms with Crippen molar-refractivity contribution in [3.05, 3.63) is 29.8 Å². The monoisotopic (exact) mass is 322 g/mol. The second-order valence-corrected chi connectivity index (χ2v) is 6.57. The molecule has 22 heavy (non-hydrogen) atoms. The first-order valence-corrected chi connectivity index (χ1v) is 9.26. The molecule has 1 unspecified atom stereocenters. The number of rotatable bonds is 9. The fourth-order valence-electron chi connectivity index (χ4n) is 2.84. The van der Waals surface area contributed by atoms with Gasteiger partial charge in [0.05, 0.1) is 7.11 Å². The summed E-state index contributed by atoms with van der Waals surface area (Å²) in [6, 6.07) is 8.54. The second kappa shape index (κ2) is 9.06. The van der Waals surface area contributed by atoms with Gasteiger partial charge in [0, 0.05) is 31.3 Å². The van der Waals surface area contributed by atoms with Crippen LogP contribution in [0, 0.1) is 0 Å². The summed E-state index contributed by atoms with van der Waals surface area (Å²) in [5, 5.41) is 3.47. The van der Waals surface area contributed by atoms with Gasteiger partial charge in [0.1, 0.15) is 5.75 Å². The van der Waals surface area contributed by atoms with Gasteiger partial charge in [-0.25, -0.2) is 0 Å². The van der Waals surface area contributed by atoms with Gasteiger partial charge >= 0.3 is 0 Å². The summed E-state index contributed by atoms with van der Waals surface area (Å²) in [5.41, 5.74) is 1.25. The van der Waals surface area contributed by atoms with E-state index in [0.717, 1.165) is 50.4 Å². The summed E-state index contributed by atoms with van der Waals surface area (Å²) >= 11 is 1.80. The molecule has 0 saturated carbocycles. The van der Waals surface area contributed by atoms with E-state index in [-0.39, 0.29) is 0 Å². The number of hydrogen-bond acceptors (Lipinski definition) is 4. The lowest BCUT2D eigenvalue weighted by atomic mass is 10.1. The molecule has 1 aromatic rings. The highest BCUT2D eigenvalue weighted by Gasteiger charge is 2.29. The minimum Gasteiger partial charge on any atom is -0.497 e. The fraction of sp³-hybridized carbons (Fsp3) is 0.588. The molecule has 1 amide bonds. The zero-order chi connectivity index (χ0) is 15.8. The number of hydrogen-bond donors (Lipinski definition) is 1. The molecule has 0 spiro atoms. The first-order chi connectivity index (χ1) is 10.7. The van der Waals surface area contributed by atoms with Crippen LogP contribution in [0.15, 0.2) is 24.3 Å². The summed E-state index contributed by atoms with van der Waals surface area (Å²) in [6.45, 7) is 2.69. The predicted molar refractivity (Wildman–Crippen MR) is 92.4 cm³/mol. The third kappa shape index (κ3) is 4.92. The number of nitrogens with one attached hydrogen (secondary N) is 1. The lowest BCUT2D eigenvalue weighted by molar-refractivity contribution is -0.128. The van der Waals surface area contributed by atoms with Gasteiger partial charge in [-0.05, 0) is 43.3 Å². The molecule has 2 rings (SSSR count). The number of nitrogens with zero attached hydrogens (tertiary/aromatic N) is 1. The van der Waals surface area contributed by atoms with Crippen LogP contribution in [0.2, 0.25) is 0 Å². The first kappa shape index (κ1) is 17.2. The van der Waals surface area contributed by atoms with Crippen LogP contribution in [-0.4, -0.2) is 49.1 Å². The van der Waals surface area contributed by atoms with E-state index in [1.807, 2.05) is 12.1 Å². The van der Waals surface area contributed by atoms with Crippen LogP contribution in [-0.2, 0) is 11.3 Å². The largest absolute Gasteiger partial charge is 0.497 e. The Morgan fingerprint density at radius 3 is 2.82 bits per heavy atom. The number of methoxy groups -OCH3 is 1. The average Bonchev–Trinajstić information content (AvgIpc) is 2.90. The Balaban J connectivity index is 1.69. The van der Waals surface area contributed by atoms with Gasteiger partial charge in [0.2, 0.25) is 5.91 Å². The van der Waals surface area contributed by atoms with Crippen LogP contribution in [0.1, 0.15) is 24.8 Å². The van der Waals surface area contributed by atoms with Crippen molar-refractivity contribution in [1.82, 2.24) is 10.2 Å². The average molecular weight is 322 g/mol. The number of amides is 1. The molecule has 1 aliphatic rings. The molecule has 0 aliphatic carbocycles. The molecule has 1 aromatic carbocycles. The van der Waals surface area contributed by atoms with Crippen molar-refractivity contribution >= 4 is 17.7 Å². The Hall–Kier alpha value is -1.20.